The molecule has 2 aromatic carbocycles. The van der Waals surface area contributed by atoms with Crippen LogP contribution in [0.2, 0.25) is 0 Å². The molecule has 0 radical (unpaired) electrons. The number of para-hydroxylation sites is 2. The summed E-state index contributed by atoms with van der Waals surface area (Å²) in [4.78, 5) is 10.1. The molecule has 0 atom stereocenters. The lowest BCUT2D eigenvalue weighted by molar-refractivity contribution is 1.13. The Bertz CT molecular complexity index is 784. The van der Waals surface area contributed by atoms with Crippen LogP contribution in [-0.4, -0.2) is 9.97 Å². The Labute approximate surface area is 122 Å². The van der Waals surface area contributed by atoms with E-state index >= 15 is 0 Å². The maximum absolute atomic E-state index is 6.01. The van der Waals surface area contributed by atoms with Crippen molar-refractivity contribution in [3.63, 3.8) is 0 Å². The first-order valence-corrected chi connectivity index (χ1v) is 7.22. The Morgan fingerprint density at radius 2 is 1.60 bits per heavy atom. The van der Waals surface area contributed by atoms with Crippen molar-refractivity contribution in [2.45, 2.75) is 23.8 Å². The highest BCUT2D eigenvalue weighted by Gasteiger charge is 2.08. The normalized spacial score (nSPS) is 10.9. The summed E-state index contributed by atoms with van der Waals surface area (Å²) in [5.41, 5.74) is 10.3. The van der Waals surface area contributed by atoms with Crippen LogP contribution in [0.5, 0.6) is 0 Å². The molecular weight excluding hydrogens is 266 g/mol. The number of aryl methyl sites for hydroxylation is 2. The molecule has 20 heavy (non-hydrogen) atoms. The van der Waals surface area contributed by atoms with Crippen molar-refractivity contribution in [2.75, 3.05) is 5.73 Å². The van der Waals surface area contributed by atoms with Crippen LogP contribution < -0.4 is 5.73 Å². The van der Waals surface area contributed by atoms with Crippen molar-refractivity contribution in [1.82, 2.24) is 9.97 Å². The van der Waals surface area contributed by atoms with Gasteiger partial charge >= 0.3 is 0 Å². The zero-order valence-electron chi connectivity index (χ0n) is 11.4. The highest BCUT2D eigenvalue weighted by Crippen LogP contribution is 2.31. The molecule has 1 aromatic heterocycles. The molecule has 3 rings (SSSR count). The molecule has 0 spiro atoms. The van der Waals surface area contributed by atoms with Crippen LogP contribution in [-0.2, 0) is 0 Å². The van der Waals surface area contributed by atoms with Gasteiger partial charge in [0.2, 0.25) is 0 Å². The summed E-state index contributed by atoms with van der Waals surface area (Å²) in [6.45, 7) is 4.21. The fourth-order valence-electron chi connectivity index (χ4n) is 1.96. The highest BCUT2D eigenvalue weighted by molar-refractivity contribution is 7.99. The van der Waals surface area contributed by atoms with E-state index in [2.05, 4.69) is 42.0 Å². The van der Waals surface area contributed by atoms with Gasteiger partial charge in [0.25, 0.3) is 0 Å². The number of anilines is 1. The van der Waals surface area contributed by atoms with Crippen LogP contribution >= 0.6 is 11.8 Å². The zero-order chi connectivity index (χ0) is 14.1. The number of fused-ring (bicyclic) bond motifs is 1. The molecule has 0 bridgehead atoms. The van der Waals surface area contributed by atoms with Gasteiger partial charge in [0, 0.05) is 4.90 Å². The third-order valence-electron chi connectivity index (χ3n) is 3.26. The number of nitrogen functional groups attached to an aromatic ring is 1. The van der Waals surface area contributed by atoms with E-state index in [1.165, 1.54) is 11.1 Å². The minimum absolute atomic E-state index is 0.479. The molecule has 0 unspecified atom stereocenters. The van der Waals surface area contributed by atoms with E-state index in [9.17, 15) is 0 Å². The van der Waals surface area contributed by atoms with Crippen LogP contribution in [0.25, 0.3) is 11.0 Å². The largest absolute Gasteiger partial charge is 0.381 e. The van der Waals surface area contributed by atoms with Crippen molar-refractivity contribution in [2.24, 2.45) is 0 Å². The summed E-state index contributed by atoms with van der Waals surface area (Å²) in [5.74, 6) is 0.479. The molecule has 0 saturated carbocycles. The van der Waals surface area contributed by atoms with Crippen LogP contribution in [0.4, 0.5) is 5.82 Å². The molecule has 3 nitrogen and oxygen atoms in total. The second kappa shape index (κ2) is 5.13. The zero-order valence-corrected chi connectivity index (χ0v) is 12.2. The Hall–Kier alpha value is -2.07. The van der Waals surface area contributed by atoms with E-state index in [0.717, 1.165) is 21.0 Å². The van der Waals surface area contributed by atoms with Crippen LogP contribution in [0.1, 0.15) is 11.1 Å². The molecule has 0 aliphatic rings. The molecule has 0 fully saturated rings. The molecular formula is C16H15N3S. The lowest BCUT2D eigenvalue weighted by atomic mass is 10.1. The van der Waals surface area contributed by atoms with Crippen molar-refractivity contribution < 1.29 is 0 Å². The summed E-state index contributed by atoms with van der Waals surface area (Å²) < 4.78 is 0. The van der Waals surface area contributed by atoms with E-state index in [1.807, 2.05) is 24.3 Å². The van der Waals surface area contributed by atoms with Gasteiger partial charge in [-0.3, -0.25) is 0 Å². The molecule has 4 heteroatoms. The minimum Gasteiger partial charge on any atom is -0.381 e. The van der Waals surface area contributed by atoms with Crippen LogP contribution in [0.3, 0.4) is 0 Å². The summed E-state index contributed by atoms with van der Waals surface area (Å²) in [6.07, 6.45) is 0. The van der Waals surface area contributed by atoms with E-state index in [0.29, 0.717) is 5.82 Å². The Balaban J connectivity index is 2.01. The molecule has 0 aliphatic carbocycles. The Kier molecular flexibility index (Phi) is 3.32. The van der Waals surface area contributed by atoms with Gasteiger partial charge in [-0.2, -0.15) is 0 Å². The predicted octanol–water partition coefficient (Wildman–Crippen LogP) is 3.98. The Morgan fingerprint density at radius 3 is 2.30 bits per heavy atom. The van der Waals surface area contributed by atoms with E-state index in [4.69, 9.17) is 5.73 Å². The molecule has 0 saturated heterocycles. The van der Waals surface area contributed by atoms with Gasteiger partial charge in [-0.15, -0.1) is 0 Å². The first kappa shape index (κ1) is 12.9. The average Bonchev–Trinajstić information content (AvgIpc) is 2.44. The van der Waals surface area contributed by atoms with Crippen molar-refractivity contribution in [3.8, 4) is 0 Å². The molecule has 100 valence electrons. The van der Waals surface area contributed by atoms with E-state index in [1.54, 1.807) is 11.8 Å². The molecule has 3 aromatic rings. The second-order valence-corrected chi connectivity index (χ2v) is 5.81. The van der Waals surface area contributed by atoms with Crippen LogP contribution in [0.15, 0.2) is 52.4 Å². The number of rotatable bonds is 2. The van der Waals surface area contributed by atoms with Gasteiger partial charge in [-0.25, -0.2) is 9.97 Å². The summed E-state index contributed by atoms with van der Waals surface area (Å²) in [6, 6.07) is 14.1. The molecule has 2 N–H and O–H groups in total. The number of benzene rings is 2. The quantitative estimate of drug-likeness (QED) is 0.772. The van der Waals surface area contributed by atoms with Crippen molar-refractivity contribution >= 4 is 28.6 Å². The van der Waals surface area contributed by atoms with E-state index in [-0.39, 0.29) is 0 Å². The number of nitrogens with zero attached hydrogens (tertiary/aromatic N) is 2. The van der Waals surface area contributed by atoms with Crippen molar-refractivity contribution in [1.29, 1.82) is 0 Å². The fraction of sp³-hybridized carbons (Fsp3) is 0.125. The lowest BCUT2D eigenvalue weighted by Gasteiger charge is -2.07. The van der Waals surface area contributed by atoms with Gasteiger partial charge in [0.15, 0.2) is 5.82 Å². The van der Waals surface area contributed by atoms with Crippen molar-refractivity contribution in [3.05, 3.63) is 53.6 Å². The number of nitrogens with two attached hydrogens (primary N) is 1. The molecule has 0 aliphatic heterocycles. The van der Waals surface area contributed by atoms with Gasteiger partial charge in [0.1, 0.15) is 5.03 Å². The third kappa shape index (κ3) is 2.47. The van der Waals surface area contributed by atoms with Gasteiger partial charge in [0.05, 0.1) is 11.0 Å². The highest BCUT2D eigenvalue weighted by atomic mass is 32.2. The van der Waals surface area contributed by atoms with Gasteiger partial charge < -0.3 is 5.73 Å². The number of hydrogen-bond donors (Lipinski definition) is 1. The molecule has 1 heterocycles. The topological polar surface area (TPSA) is 51.8 Å². The van der Waals surface area contributed by atoms with Gasteiger partial charge in [-0.05, 0) is 49.2 Å². The average molecular weight is 281 g/mol. The number of aromatic nitrogens is 2. The standard InChI is InChI=1S/C16H15N3S/c1-10-7-8-12(9-11(10)2)20-16-15(17)18-13-5-3-4-6-14(13)19-16/h3-9H,1-2H3,(H2,17,18). The summed E-state index contributed by atoms with van der Waals surface area (Å²) in [5, 5.41) is 0.756. The first-order valence-electron chi connectivity index (χ1n) is 6.41. The summed E-state index contributed by atoms with van der Waals surface area (Å²) in [7, 11) is 0. The monoisotopic (exact) mass is 281 g/mol. The maximum atomic E-state index is 6.01. The predicted molar refractivity (Wildman–Crippen MR) is 84.0 cm³/mol. The lowest BCUT2D eigenvalue weighted by Crippen LogP contribution is -1.97. The smallest absolute Gasteiger partial charge is 0.157 e. The van der Waals surface area contributed by atoms with Gasteiger partial charge in [-0.1, -0.05) is 30.0 Å². The Morgan fingerprint density at radius 1 is 0.900 bits per heavy atom. The minimum atomic E-state index is 0.479. The third-order valence-corrected chi connectivity index (χ3v) is 4.24. The summed E-state index contributed by atoms with van der Waals surface area (Å²) >= 11 is 1.55. The number of hydrogen-bond acceptors (Lipinski definition) is 4. The van der Waals surface area contributed by atoms with E-state index < -0.39 is 0 Å². The molecule has 0 amide bonds. The SMILES string of the molecule is Cc1ccc(Sc2nc3ccccc3nc2N)cc1C. The fourth-order valence-corrected chi connectivity index (χ4v) is 2.85. The van der Waals surface area contributed by atoms with Crippen LogP contribution in [0, 0.1) is 13.8 Å². The first-order chi connectivity index (χ1) is 9.63. The second-order valence-electron chi connectivity index (χ2n) is 4.75. The maximum Gasteiger partial charge on any atom is 0.157 e.